The van der Waals surface area contributed by atoms with Crippen LogP contribution in [0.25, 0.3) is 0 Å². The number of hydrogen-bond acceptors (Lipinski definition) is 2. The molecule has 1 aliphatic carbocycles. The van der Waals surface area contributed by atoms with Gasteiger partial charge in [-0.3, -0.25) is 4.79 Å². The molecule has 0 unspecified atom stereocenters. The topological polar surface area (TPSA) is 41.1 Å². The highest BCUT2D eigenvalue weighted by Crippen LogP contribution is 2.17. The molecule has 0 aromatic carbocycles. The van der Waals surface area contributed by atoms with Gasteiger partial charge in [0.05, 0.1) is 5.54 Å². The Labute approximate surface area is 93.0 Å². The van der Waals surface area contributed by atoms with Crippen LogP contribution in [0.1, 0.15) is 52.4 Å². The molecule has 0 bridgehead atoms. The van der Waals surface area contributed by atoms with Gasteiger partial charge in [-0.2, -0.15) is 0 Å². The monoisotopic (exact) mass is 212 g/mol. The highest BCUT2D eigenvalue weighted by molar-refractivity contribution is 5.85. The Morgan fingerprint density at radius 3 is 2.13 bits per heavy atom. The van der Waals surface area contributed by atoms with E-state index in [1.807, 2.05) is 20.9 Å². The van der Waals surface area contributed by atoms with Gasteiger partial charge in [-0.05, 0) is 33.7 Å². The van der Waals surface area contributed by atoms with Gasteiger partial charge in [0.25, 0.3) is 0 Å². The molecular weight excluding hydrogens is 188 g/mol. The van der Waals surface area contributed by atoms with E-state index in [0.717, 1.165) is 12.8 Å². The lowest BCUT2D eigenvalue weighted by Crippen LogP contribution is -2.53. The fourth-order valence-corrected chi connectivity index (χ4v) is 1.90. The largest absolute Gasteiger partial charge is 0.352 e. The molecule has 0 spiro atoms. The van der Waals surface area contributed by atoms with Crippen molar-refractivity contribution in [3.05, 3.63) is 0 Å². The third-order valence-corrected chi connectivity index (χ3v) is 3.38. The molecule has 0 saturated heterocycles. The van der Waals surface area contributed by atoms with Gasteiger partial charge in [-0.1, -0.05) is 25.7 Å². The first-order chi connectivity index (χ1) is 7.06. The van der Waals surface area contributed by atoms with E-state index in [4.69, 9.17) is 0 Å². The minimum atomic E-state index is -0.452. The third kappa shape index (κ3) is 3.82. The Morgan fingerprint density at radius 2 is 1.67 bits per heavy atom. The average molecular weight is 212 g/mol. The maximum atomic E-state index is 11.9. The molecule has 88 valence electrons. The predicted molar refractivity (Wildman–Crippen MR) is 62.8 cm³/mol. The summed E-state index contributed by atoms with van der Waals surface area (Å²) < 4.78 is 0. The van der Waals surface area contributed by atoms with E-state index in [0.29, 0.717) is 6.04 Å². The second-order valence-electron chi connectivity index (χ2n) is 5.04. The number of hydrogen-bond donors (Lipinski definition) is 2. The van der Waals surface area contributed by atoms with E-state index in [2.05, 4.69) is 10.6 Å². The Morgan fingerprint density at radius 1 is 1.13 bits per heavy atom. The summed E-state index contributed by atoms with van der Waals surface area (Å²) in [6, 6.07) is 0.396. The average Bonchev–Trinajstić information content (AvgIpc) is 2.46. The van der Waals surface area contributed by atoms with Crippen molar-refractivity contribution in [1.29, 1.82) is 0 Å². The van der Waals surface area contributed by atoms with Crippen LogP contribution in [0.3, 0.4) is 0 Å². The van der Waals surface area contributed by atoms with Crippen molar-refractivity contribution < 1.29 is 4.79 Å². The molecule has 0 aromatic rings. The zero-order valence-electron chi connectivity index (χ0n) is 10.2. The fourth-order valence-electron chi connectivity index (χ4n) is 1.90. The Balaban J connectivity index is 2.42. The third-order valence-electron chi connectivity index (χ3n) is 3.38. The Kier molecular flexibility index (Phi) is 4.58. The van der Waals surface area contributed by atoms with Crippen molar-refractivity contribution in [1.82, 2.24) is 10.6 Å². The number of likely N-dealkylation sites (N-methyl/N-ethyl adjacent to an activating group) is 1. The number of rotatable bonds is 3. The van der Waals surface area contributed by atoms with E-state index in [1.165, 1.54) is 25.7 Å². The van der Waals surface area contributed by atoms with Crippen LogP contribution < -0.4 is 10.6 Å². The quantitative estimate of drug-likeness (QED) is 0.701. The Bertz CT molecular complexity index is 206. The molecule has 15 heavy (non-hydrogen) atoms. The van der Waals surface area contributed by atoms with Crippen molar-refractivity contribution in [3.63, 3.8) is 0 Å². The molecule has 2 N–H and O–H groups in total. The van der Waals surface area contributed by atoms with Crippen LogP contribution >= 0.6 is 0 Å². The van der Waals surface area contributed by atoms with Crippen LogP contribution in [-0.2, 0) is 4.79 Å². The van der Waals surface area contributed by atoms with Gasteiger partial charge in [-0.15, -0.1) is 0 Å². The van der Waals surface area contributed by atoms with Crippen LogP contribution in [-0.4, -0.2) is 24.5 Å². The van der Waals surface area contributed by atoms with E-state index < -0.39 is 5.54 Å². The summed E-state index contributed by atoms with van der Waals surface area (Å²) in [4.78, 5) is 11.9. The molecule has 0 aromatic heterocycles. The molecule has 3 heteroatoms. The lowest BCUT2D eigenvalue weighted by molar-refractivity contribution is -0.127. The molecule has 1 amide bonds. The molecule has 1 saturated carbocycles. The summed E-state index contributed by atoms with van der Waals surface area (Å²) in [5, 5.41) is 6.18. The van der Waals surface area contributed by atoms with E-state index in [1.54, 1.807) is 0 Å². The van der Waals surface area contributed by atoms with Crippen molar-refractivity contribution in [2.24, 2.45) is 0 Å². The summed E-state index contributed by atoms with van der Waals surface area (Å²) in [5.74, 6) is 0.122. The number of carbonyl (C=O) groups is 1. The summed E-state index contributed by atoms with van der Waals surface area (Å²) >= 11 is 0. The van der Waals surface area contributed by atoms with Gasteiger partial charge in [-0.25, -0.2) is 0 Å². The second-order valence-corrected chi connectivity index (χ2v) is 5.04. The minimum absolute atomic E-state index is 0.122. The minimum Gasteiger partial charge on any atom is -0.352 e. The summed E-state index contributed by atoms with van der Waals surface area (Å²) in [7, 11) is 1.83. The Hall–Kier alpha value is -0.570. The fraction of sp³-hybridized carbons (Fsp3) is 0.917. The zero-order chi connectivity index (χ0) is 11.3. The second kappa shape index (κ2) is 5.50. The van der Waals surface area contributed by atoms with Gasteiger partial charge in [0.15, 0.2) is 0 Å². The highest BCUT2D eigenvalue weighted by atomic mass is 16.2. The summed E-state index contributed by atoms with van der Waals surface area (Å²) in [6.07, 6.45) is 7.44. The first kappa shape index (κ1) is 12.5. The normalized spacial score (nSPS) is 19.7. The molecule has 1 aliphatic rings. The maximum absolute atomic E-state index is 11.9. The number of carbonyl (C=O) groups excluding carboxylic acids is 1. The zero-order valence-corrected chi connectivity index (χ0v) is 10.2. The molecule has 0 aliphatic heterocycles. The maximum Gasteiger partial charge on any atom is 0.239 e. The van der Waals surface area contributed by atoms with E-state index in [-0.39, 0.29) is 5.91 Å². The highest BCUT2D eigenvalue weighted by Gasteiger charge is 2.27. The molecule has 1 rings (SSSR count). The van der Waals surface area contributed by atoms with Gasteiger partial charge < -0.3 is 10.6 Å². The van der Waals surface area contributed by atoms with Crippen LogP contribution in [0, 0.1) is 0 Å². The van der Waals surface area contributed by atoms with Crippen molar-refractivity contribution >= 4 is 5.91 Å². The first-order valence-electron chi connectivity index (χ1n) is 6.06. The van der Waals surface area contributed by atoms with Crippen LogP contribution in [0.5, 0.6) is 0 Å². The predicted octanol–water partition coefficient (Wildman–Crippen LogP) is 1.82. The number of amides is 1. The lowest BCUT2D eigenvalue weighted by Gasteiger charge is -2.26. The van der Waals surface area contributed by atoms with Crippen molar-refractivity contribution in [2.75, 3.05) is 7.05 Å². The van der Waals surface area contributed by atoms with Gasteiger partial charge >= 0.3 is 0 Å². The smallest absolute Gasteiger partial charge is 0.239 e. The van der Waals surface area contributed by atoms with Gasteiger partial charge in [0.2, 0.25) is 5.91 Å². The van der Waals surface area contributed by atoms with Crippen LogP contribution in [0.15, 0.2) is 0 Å². The molecule has 3 nitrogen and oxygen atoms in total. The molecule has 0 atom stereocenters. The summed E-state index contributed by atoms with van der Waals surface area (Å²) in [5.41, 5.74) is -0.452. The first-order valence-corrected chi connectivity index (χ1v) is 6.06. The van der Waals surface area contributed by atoms with E-state index >= 15 is 0 Å². The summed E-state index contributed by atoms with van der Waals surface area (Å²) in [6.45, 7) is 3.83. The molecular formula is C12H24N2O. The van der Waals surface area contributed by atoms with E-state index in [9.17, 15) is 4.79 Å². The molecule has 0 heterocycles. The molecule has 0 radical (unpaired) electrons. The van der Waals surface area contributed by atoms with Crippen molar-refractivity contribution in [2.45, 2.75) is 64.0 Å². The van der Waals surface area contributed by atoms with Crippen LogP contribution in [0.2, 0.25) is 0 Å². The van der Waals surface area contributed by atoms with Gasteiger partial charge in [0.1, 0.15) is 0 Å². The number of nitrogens with one attached hydrogen (secondary N) is 2. The van der Waals surface area contributed by atoms with Gasteiger partial charge in [0, 0.05) is 6.04 Å². The standard InChI is InChI=1S/C12H24N2O/c1-12(2,13-3)11(15)14-10-8-6-4-5-7-9-10/h10,13H,4-9H2,1-3H3,(H,14,15). The van der Waals surface area contributed by atoms with Crippen molar-refractivity contribution in [3.8, 4) is 0 Å². The molecule has 1 fully saturated rings. The lowest BCUT2D eigenvalue weighted by atomic mass is 10.0. The SMILES string of the molecule is CNC(C)(C)C(=O)NC1CCCCCC1. The van der Waals surface area contributed by atoms with Crippen LogP contribution in [0.4, 0.5) is 0 Å².